The Hall–Kier alpha value is -1.39. The molecule has 1 amide bonds. The van der Waals surface area contributed by atoms with Crippen LogP contribution in [0.1, 0.15) is 31.2 Å². The van der Waals surface area contributed by atoms with Crippen LogP contribution in [-0.4, -0.2) is 43.0 Å². The standard InChI is InChI=1S/C18H27N3O/c22-18(16-8-4-10-19-12-16)20-13-17-9-5-11-21(17)14-15-6-2-1-3-7-15/h1-3,6-7,16-17,19H,4-5,8-14H2,(H,20,22). The smallest absolute Gasteiger partial charge is 0.224 e. The van der Waals surface area contributed by atoms with Crippen LogP contribution in [0.15, 0.2) is 30.3 Å². The van der Waals surface area contributed by atoms with Gasteiger partial charge in [-0.2, -0.15) is 0 Å². The van der Waals surface area contributed by atoms with Crippen molar-refractivity contribution in [3.63, 3.8) is 0 Å². The summed E-state index contributed by atoms with van der Waals surface area (Å²) in [6.07, 6.45) is 4.56. The Bertz CT molecular complexity index is 470. The molecule has 4 nitrogen and oxygen atoms in total. The molecule has 2 atom stereocenters. The van der Waals surface area contributed by atoms with Gasteiger partial charge in [-0.15, -0.1) is 0 Å². The van der Waals surface area contributed by atoms with Gasteiger partial charge in [0.05, 0.1) is 5.92 Å². The summed E-state index contributed by atoms with van der Waals surface area (Å²) in [5, 5.41) is 6.50. The molecule has 1 aromatic rings. The van der Waals surface area contributed by atoms with E-state index >= 15 is 0 Å². The summed E-state index contributed by atoms with van der Waals surface area (Å²) < 4.78 is 0. The number of benzene rings is 1. The van der Waals surface area contributed by atoms with Gasteiger partial charge >= 0.3 is 0 Å². The third kappa shape index (κ3) is 4.08. The highest BCUT2D eigenvalue weighted by Crippen LogP contribution is 2.20. The van der Waals surface area contributed by atoms with Gasteiger partial charge in [-0.05, 0) is 44.3 Å². The van der Waals surface area contributed by atoms with Crippen LogP contribution >= 0.6 is 0 Å². The molecule has 2 unspecified atom stereocenters. The topological polar surface area (TPSA) is 44.4 Å². The molecule has 120 valence electrons. The predicted molar refractivity (Wildman–Crippen MR) is 88.5 cm³/mol. The van der Waals surface area contributed by atoms with E-state index in [1.807, 2.05) is 0 Å². The molecule has 1 aromatic carbocycles. The highest BCUT2D eigenvalue weighted by atomic mass is 16.1. The number of carbonyl (C=O) groups is 1. The van der Waals surface area contributed by atoms with Crippen molar-refractivity contribution < 1.29 is 4.79 Å². The second-order valence-corrected chi connectivity index (χ2v) is 6.54. The molecule has 4 heteroatoms. The SMILES string of the molecule is O=C(NCC1CCCN1Cc1ccccc1)C1CCCNC1. The largest absolute Gasteiger partial charge is 0.354 e. The molecule has 0 radical (unpaired) electrons. The van der Waals surface area contributed by atoms with Crippen LogP contribution < -0.4 is 10.6 Å². The number of piperidine rings is 1. The molecule has 22 heavy (non-hydrogen) atoms. The maximum Gasteiger partial charge on any atom is 0.224 e. The van der Waals surface area contributed by atoms with Crippen LogP contribution in [0.2, 0.25) is 0 Å². The minimum Gasteiger partial charge on any atom is -0.354 e. The summed E-state index contributed by atoms with van der Waals surface area (Å²) in [5.41, 5.74) is 1.36. The molecular formula is C18H27N3O. The van der Waals surface area contributed by atoms with Gasteiger partial charge in [-0.3, -0.25) is 9.69 Å². The highest BCUT2D eigenvalue weighted by molar-refractivity contribution is 5.79. The van der Waals surface area contributed by atoms with Gasteiger partial charge in [-0.25, -0.2) is 0 Å². The molecule has 2 aliphatic rings. The van der Waals surface area contributed by atoms with Crippen molar-refractivity contribution in [2.75, 3.05) is 26.2 Å². The first-order chi connectivity index (χ1) is 10.8. The number of nitrogens with one attached hydrogen (secondary N) is 2. The summed E-state index contributed by atoms with van der Waals surface area (Å²) >= 11 is 0. The summed E-state index contributed by atoms with van der Waals surface area (Å²) in [5.74, 6) is 0.400. The number of nitrogens with zero attached hydrogens (tertiary/aromatic N) is 1. The van der Waals surface area contributed by atoms with Crippen LogP contribution in [-0.2, 0) is 11.3 Å². The maximum absolute atomic E-state index is 12.3. The summed E-state index contributed by atoms with van der Waals surface area (Å²) in [7, 11) is 0. The van der Waals surface area contributed by atoms with Gasteiger partial charge in [0.2, 0.25) is 5.91 Å². The normalized spacial score (nSPS) is 26.0. The number of rotatable bonds is 5. The average Bonchev–Trinajstić information content (AvgIpc) is 3.01. The second kappa shape index (κ2) is 7.75. The molecule has 0 bridgehead atoms. The van der Waals surface area contributed by atoms with Crippen LogP contribution in [0.3, 0.4) is 0 Å². The van der Waals surface area contributed by atoms with Crippen molar-refractivity contribution >= 4 is 5.91 Å². The molecule has 0 spiro atoms. The quantitative estimate of drug-likeness (QED) is 0.871. The van der Waals surface area contributed by atoms with Crippen LogP contribution in [0.4, 0.5) is 0 Å². The van der Waals surface area contributed by atoms with E-state index < -0.39 is 0 Å². The zero-order chi connectivity index (χ0) is 15.2. The zero-order valence-corrected chi connectivity index (χ0v) is 13.3. The fourth-order valence-electron chi connectivity index (χ4n) is 3.59. The molecule has 0 aromatic heterocycles. The second-order valence-electron chi connectivity index (χ2n) is 6.54. The monoisotopic (exact) mass is 301 g/mol. The number of hydrogen-bond acceptors (Lipinski definition) is 3. The lowest BCUT2D eigenvalue weighted by molar-refractivity contribution is -0.125. The summed E-state index contributed by atoms with van der Waals surface area (Å²) in [4.78, 5) is 14.8. The van der Waals surface area contributed by atoms with Gasteiger partial charge in [0.15, 0.2) is 0 Å². The van der Waals surface area contributed by atoms with E-state index in [1.54, 1.807) is 0 Å². The van der Waals surface area contributed by atoms with Crippen molar-refractivity contribution in [2.24, 2.45) is 5.92 Å². The molecular weight excluding hydrogens is 274 g/mol. The number of amides is 1. The maximum atomic E-state index is 12.3. The van der Waals surface area contributed by atoms with E-state index in [4.69, 9.17) is 0 Å². The highest BCUT2D eigenvalue weighted by Gasteiger charge is 2.26. The lowest BCUT2D eigenvalue weighted by atomic mass is 9.99. The van der Waals surface area contributed by atoms with Crippen molar-refractivity contribution in [2.45, 2.75) is 38.3 Å². The Kier molecular flexibility index (Phi) is 5.46. The average molecular weight is 301 g/mol. The van der Waals surface area contributed by atoms with E-state index in [2.05, 4.69) is 45.9 Å². The Morgan fingerprint density at radius 2 is 2.09 bits per heavy atom. The van der Waals surface area contributed by atoms with E-state index in [9.17, 15) is 4.79 Å². The zero-order valence-electron chi connectivity index (χ0n) is 13.3. The lowest BCUT2D eigenvalue weighted by Crippen LogP contribution is -2.45. The fraction of sp³-hybridized carbons (Fsp3) is 0.611. The first kappa shape index (κ1) is 15.5. The van der Waals surface area contributed by atoms with Crippen molar-refractivity contribution in [3.8, 4) is 0 Å². The lowest BCUT2D eigenvalue weighted by Gasteiger charge is -2.27. The van der Waals surface area contributed by atoms with Crippen LogP contribution in [0, 0.1) is 5.92 Å². The minimum absolute atomic E-state index is 0.165. The van der Waals surface area contributed by atoms with Crippen molar-refractivity contribution in [1.29, 1.82) is 0 Å². The molecule has 0 saturated carbocycles. The Labute approximate surface area is 133 Å². The Morgan fingerprint density at radius 3 is 2.86 bits per heavy atom. The molecule has 2 aliphatic heterocycles. The molecule has 0 aliphatic carbocycles. The van der Waals surface area contributed by atoms with Crippen LogP contribution in [0.5, 0.6) is 0 Å². The first-order valence-corrected chi connectivity index (χ1v) is 8.59. The third-order valence-corrected chi connectivity index (χ3v) is 4.91. The molecule has 2 saturated heterocycles. The molecule has 2 fully saturated rings. The van der Waals surface area contributed by atoms with E-state index in [0.29, 0.717) is 6.04 Å². The third-order valence-electron chi connectivity index (χ3n) is 4.91. The number of carbonyl (C=O) groups excluding carboxylic acids is 1. The Balaban J connectivity index is 1.47. The summed E-state index contributed by atoms with van der Waals surface area (Å²) in [6, 6.07) is 11.1. The van der Waals surface area contributed by atoms with Crippen LogP contribution in [0.25, 0.3) is 0 Å². The van der Waals surface area contributed by atoms with Gasteiger partial charge in [0, 0.05) is 25.7 Å². The molecule has 2 heterocycles. The van der Waals surface area contributed by atoms with Gasteiger partial charge < -0.3 is 10.6 Å². The molecule has 3 rings (SSSR count). The van der Waals surface area contributed by atoms with Gasteiger partial charge in [0.25, 0.3) is 0 Å². The van der Waals surface area contributed by atoms with Gasteiger partial charge in [-0.1, -0.05) is 30.3 Å². The van der Waals surface area contributed by atoms with E-state index in [-0.39, 0.29) is 11.8 Å². The van der Waals surface area contributed by atoms with Crippen molar-refractivity contribution in [3.05, 3.63) is 35.9 Å². The summed E-state index contributed by atoms with van der Waals surface area (Å²) in [6.45, 7) is 4.82. The van der Waals surface area contributed by atoms with Gasteiger partial charge in [0.1, 0.15) is 0 Å². The van der Waals surface area contributed by atoms with E-state index in [0.717, 1.165) is 45.6 Å². The Morgan fingerprint density at radius 1 is 1.23 bits per heavy atom. The van der Waals surface area contributed by atoms with E-state index in [1.165, 1.54) is 18.4 Å². The minimum atomic E-state index is 0.165. The predicted octanol–water partition coefficient (Wildman–Crippen LogP) is 1.77. The molecule has 2 N–H and O–H groups in total. The fourth-order valence-corrected chi connectivity index (χ4v) is 3.59. The number of likely N-dealkylation sites (tertiary alicyclic amines) is 1. The first-order valence-electron chi connectivity index (χ1n) is 8.59. The number of hydrogen-bond donors (Lipinski definition) is 2. The van der Waals surface area contributed by atoms with Crippen molar-refractivity contribution in [1.82, 2.24) is 15.5 Å².